The molecule has 2 saturated carbocycles. The summed E-state index contributed by atoms with van der Waals surface area (Å²) in [6.45, 7) is 30.0. The standard InChI is InChI=1S/C71H89N5O7/c1-45(2)64(77)81-34-35-82-66(79)73-52-39-68(7,8)43-70(11,40-52)44-72-65(78)76-33-32-74(41-46(76)3)53-25-22-50(23-26-53)71(49-20-14-13-15-21-49)30-28-55-62-61(54-27-24-51(67(4,5)6)36-58(54)69(62,9)10)56-37-59(60(80-12)38-57(56)63(55)83-71)75-31-29-47-18-16-17-19-48(47)42-75/h13-15,20-28,30,36-38,46-48,52H,1,16-19,29,31-35,39-44H2,2-12H3,(H,72,78)(H,73,79). The topological polar surface area (TPSA) is 122 Å². The molecule has 6 unspecified atom stereocenters. The average molecular weight is 1120 g/mol. The fourth-order valence-electron chi connectivity index (χ4n) is 15.6. The molecule has 3 aliphatic carbocycles. The first-order valence-corrected chi connectivity index (χ1v) is 30.7. The molecule has 0 radical (unpaired) electrons. The predicted molar refractivity (Wildman–Crippen MR) is 334 cm³/mol. The van der Waals surface area contributed by atoms with Gasteiger partial charge in [0.2, 0.25) is 0 Å². The zero-order chi connectivity index (χ0) is 58.8. The molecule has 5 aromatic rings. The van der Waals surface area contributed by atoms with Crippen LogP contribution >= 0.6 is 0 Å². The predicted octanol–water partition coefficient (Wildman–Crippen LogP) is 14.5. The molecule has 3 heterocycles. The van der Waals surface area contributed by atoms with Crippen LogP contribution in [0.2, 0.25) is 0 Å². The minimum Gasteiger partial charge on any atom is -0.495 e. The van der Waals surface area contributed by atoms with Gasteiger partial charge in [-0.25, -0.2) is 14.4 Å². The molecule has 4 fully saturated rings. The summed E-state index contributed by atoms with van der Waals surface area (Å²) in [5.41, 5.74) is 10.8. The Labute approximate surface area is 493 Å². The van der Waals surface area contributed by atoms with Crippen LogP contribution in [0.5, 0.6) is 11.5 Å². The summed E-state index contributed by atoms with van der Waals surface area (Å²) < 4.78 is 24.7. The number of carbonyl (C=O) groups excluding carboxylic acids is 3. The van der Waals surface area contributed by atoms with Crippen LogP contribution in [0.15, 0.2) is 103 Å². The summed E-state index contributed by atoms with van der Waals surface area (Å²) in [5, 5.41) is 8.60. The molecule has 0 spiro atoms. The van der Waals surface area contributed by atoms with Crippen molar-refractivity contribution in [2.24, 2.45) is 22.7 Å². The molecule has 0 aromatic heterocycles. The summed E-state index contributed by atoms with van der Waals surface area (Å²) in [4.78, 5) is 45.6. The van der Waals surface area contributed by atoms with Crippen LogP contribution in [0, 0.1) is 22.7 Å². The van der Waals surface area contributed by atoms with Gasteiger partial charge in [-0.2, -0.15) is 0 Å². The van der Waals surface area contributed by atoms with Gasteiger partial charge in [-0.05, 0) is 138 Å². The summed E-state index contributed by atoms with van der Waals surface area (Å²) in [5.74, 6) is 2.78. The first-order chi connectivity index (χ1) is 39.5. The molecule has 6 aliphatic rings. The first kappa shape index (κ1) is 57.8. The number of hydrogen-bond acceptors (Lipinski definition) is 9. The van der Waals surface area contributed by atoms with E-state index in [9.17, 15) is 14.4 Å². The number of fused-ring (bicyclic) bond motifs is 9. The van der Waals surface area contributed by atoms with Crippen LogP contribution in [-0.4, -0.2) is 94.7 Å². The van der Waals surface area contributed by atoms with Crippen molar-refractivity contribution in [1.29, 1.82) is 0 Å². The number of amides is 3. The number of piperazine rings is 1. The second-order valence-corrected chi connectivity index (χ2v) is 27.9. The SMILES string of the molecule is C=C(C)C(=O)OCCOC(=O)NC1CC(C)(C)CC(C)(CNC(=O)N2CCN(c3ccc(C4(c5ccccc5)C=Cc5c6c(c7cc(N8CCC9CCCCC9C8)c(OC)cc7c5O4)-c4ccc(C(C)(C)C)cc4C6(C)C)cc3)CC2C)C1. The maximum Gasteiger partial charge on any atom is 0.407 e. The van der Waals surface area contributed by atoms with Crippen LogP contribution in [0.1, 0.15) is 154 Å². The minimum atomic E-state index is -0.950. The van der Waals surface area contributed by atoms with Crippen molar-refractivity contribution in [2.75, 3.05) is 69.4 Å². The fraction of sp³-hybridized carbons (Fsp3) is 0.507. The number of hydrogen-bond donors (Lipinski definition) is 2. The number of alkyl carbamates (subject to hydrolysis) is 1. The quantitative estimate of drug-likeness (QED) is 0.0714. The molecule has 2 saturated heterocycles. The van der Waals surface area contributed by atoms with Crippen LogP contribution in [0.4, 0.5) is 21.0 Å². The second kappa shape index (κ2) is 22.2. The maximum atomic E-state index is 14.1. The number of carbonyl (C=O) groups is 3. The number of piperidine rings is 1. The number of urea groups is 1. The molecule has 11 rings (SSSR count). The number of anilines is 2. The Bertz CT molecular complexity index is 3340. The van der Waals surface area contributed by atoms with Gasteiger partial charge in [-0.15, -0.1) is 0 Å². The Balaban J connectivity index is 0.847. The van der Waals surface area contributed by atoms with Crippen molar-refractivity contribution in [3.63, 3.8) is 0 Å². The molecule has 3 aliphatic heterocycles. The van der Waals surface area contributed by atoms with Crippen molar-refractivity contribution in [3.8, 4) is 22.6 Å². The molecule has 3 amide bonds. The van der Waals surface area contributed by atoms with Gasteiger partial charge in [0.05, 0.1) is 12.8 Å². The number of nitrogens with zero attached hydrogens (tertiary/aromatic N) is 3. The summed E-state index contributed by atoms with van der Waals surface area (Å²) in [6, 6.07) is 31.2. The molecule has 83 heavy (non-hydrogen) atoms. The van der Waals surface area contributed by atoms with Gasteiger partial charge < -0.3 is 44.3 Å². The lowest BCUT2D eigenvalue weighted by molar-refractivity contribution is -0.139. The number of rotatable bonds is 12. The maximum absolute atomic E-state index is 14.1. The van der Waals surface area contributed by atoms with E-state index < -0.39 is 17.7 Å². The lowest BCUT2D eigenvalue weighted by Gasteiger charge is -2.47. The Morgan fingerprint density at radius 3 is 2.23 bits per heavy atom. The number of benzene rings is 5. The van der Waals surface area contributed by atoms with E-state index in [4.69, 9.17) is 18.9 Å². The van der Waals surface area contributed by atoms with Gasteiger partial charge in [0, 0.05) is 90.1 Å². The minimum absolute atomic E-state index is 0.00267. The van der Waals surface area contributed by atoms with E-state index >= 15 is 0 Å². The van der Waals surface area contributed by atoms with Gasteiger partial charge in [0.25, 0.3) is 0 Å². The highest BCUT2D eigenvalue weighted by Crippen LogP contribution is 2.60. The molecular formula is C71H89N5O7. The lowest BCUT2D eigenvalue weighted by Crippen LogP contribution is -2.58. The Kier molecular flexibility index (Phi) is 15.5. The Morgan fingerprint density at radius 2 is 1.52 bits per heavy atom. The van der Waals surface area contributed by atoms with E-state index in [2.05, 4.69) is 186 Å². The molecule has 6 atom stereocenters. The van der Waals surface area contributed by atoms with Crippen LogP contribution in [-0.2, 0) is 30.7 Å². The van der Waals surface area contributed by atoms with E-state index in [1.54, 1.807) is 6.92 Å². The smallest absolute Gasteiger partial charge is 0.407 e. The summed E-state index contributed by atoms with van der Waals surface area (Å²) >= 11 is 0. The molecule has 5 aromatic carbocycles. The third-order valence-corrected chi connectivity index (χ3v) is 19.5. The number of ether oxygens (including phenoxy) is 4. The van der Waals surface area contributed by atoms with Gasteiger partial charge >= 0.3 is 18.1 Å². The average Bonchev–Trinajstić information content (AvgIpc) is 1.98. The summed E-state index contributed by atoms with van der Waals surface area (Å²) in [6.07, 6.45) is 13.0. The van der Waals surface area contributed by atoms with E-state index in [0.717, 1.165) is 71.1 Å². The highest BCUT2D eigenvalue weighted by molar-refractivity contribution is 6.10. The van der Waals surface area contributed by atoms with E-state index in [1.807, 2.05) is 12.0 Å². The molecular weight excluding hydrogens is 1030 g/mol. The van der Waals surface area contributed by atoms with Gasteiger partial charge in [-0.3, -0.25) is 0 Å². The number of nitrogens with one attached hydrogen (secondary N) is 2. The van der Waals surface area contributed by atoms with E-state index in [1.165, 1.54) is 71.0 Å². The van der Waals surface area contributed by atoms with Crippen molar-refractivity contribution < 1.29 is 33.3 Å². The third kappa shape index (κ3) is 11.2. The molecule has 440 valence electrons. The lowest BCUT2D eigenvalue weighted by atomic mass is 9.62. The number of methoxy groups -OCH3 is 1. The van der Waals surface area contributed by atoms with E-state index in [-0.39, 0.29) is 53.0 Å². The highest BCUT2D eigenvalue weighted by Gasteiger charge is 2.47. The van der Waals surface area contributed by atoms with Gasteiger partial charge in [-0.1, -0.05) is 148 Å². The second-order valence-electron chi connectivity index (χ2n) is 27.9. The summed E-state index contributed by atoms with van der Waals surface area (Å²) in [7, 11) is 1.83. The van der Waals surface area contributed by atoms with Crippen molar-refractivity contribution in [1.82, 2.24) is 15.5 Å². The fourth-order valence-corrected chi connectivity index (χ4v) is 15.6. The zero-order valence-corrected chi connectivity index (χ0v) is 51.3. The third-order valence-electron chi connectivity index (χ3n) is 19.5. The Hall–Kier alpha value is -6.95. The van der Waals surface area contributed by atoms with Crippen LogP contribution in [0.3, 0.4) is 0 Å². The van der Waals surface area contributed by atoms with Crippen molar-refractivity contribution >= 4 is 46.3 Å². The molecule has 12 heteroatoms. The van der Waals surface area contributed by atoms with Crippen LogP contribution in [0.25, 0.3) is 28.0 Å². The number of esters is 1. The van der Waals surface area contributed by atoms with Crippen molar-refractivity contribution in [2.45, 2.75) is 149 Å². The molecule has 2 N–H and O–H groups in total. The largest absolute Gasteiger partial charge is 0.495 e. The van der Waals surface area contributed by atoms with Crippen molar-refractivity contribution in [3.05, 3.63) is 137 Å². The Morgan fingerprint density at radius 1 is 0.795 bits per heavy atom. The molecule has 0 bridgehead atoms. The monoisotopic (exact) mass is 1120 g/mol. The normalized spacial score (nSPS) is 25.0. The van der Waals surface area contributed by atoms with E-state index in [0.29, 0.717) is 44.1 Å². The highest BCUT2D eigenvalue weighted by atomic mass is 16.6. The van der Waals surface area contributed by atoms with Gasteiger partial charge in [0.15, 0.2) is 5.60 Å². The first-order valence-electron chi connectivity index (χ1n) is 30.7. The van der Waals surface area contributed by atoms with Gasteiger partial charge in [0.1, 0.15) is 24.7 Å². The zero-order valence-electron chi connectivity index (χ0n) is 51.3. The molecule has 12 nitrogen and oxygen atoms in total. The van der Waals surface area contributed by atoms with Crippen LogP contribution < -0.4 is 29.9 Å².